The molecule has 19 heavy (non-hydrogen) atoms. The Hall–Kier alpha value is -2.04. The zero-order valence-electron chi connectivity index (χ0n) is 9.96. The monoisotopic (exact) mass is 270 g/mol. The summed E-state index contributed by atoms with van der Waals surface area (Å²) < 4.78 is 57.6. The minimum atomic E-state index is -4.55. The van der Waals surface area contributed by atoms with Crippen molar-refractivity contribution < 1.29 is 22.3 Å². The molecule has 2 rings (SSSR count). The number of benzene rings is 2. The van der Waals surface area contributed by atoms with Gasteiger partial charge in [0.15, 0.2) is 0 Å². The van der Waals surface area contributed by atoms with E-state index in [1.54, 1.807) is 0 Å². The number of hydrogen-bond donors (Lipinski definition) is 0. The maximum Gasteiger partial charge on any atom is 0.417 e. The Bertz CT molecular complexity index is 590. The molecule has 0 spiro atoms. The van der Waals surface area contributed by atoms with E-state index in [1.807, 2.05) is 0 Å². The highest BCUT2D eigenvalue weighted by molar-refractivity contribution is 5.74. The fourth-order valence-corrected chi connectivity index (χ4v) is 1.88. The van der Waals surface area contributed by atoms with Crippen molar-refractivity contribution in [1.29, 1.82) is 0 Å². The Morgan fingerprint density at radius 2 is 1.63 bits per heavy atom. The molecule has 100 valence electrons. The third-order valence-corrected chi connectivity index (χ3v) is 2.70. The molecule has 0 aliphatic rings. The molecule has 1 nitrogen and oxygen atoms in total. The number of rotatable bonds is 2. The van der Waals surface area contributed by atoms with E-state index >= 15 is 0 Å². The standard InChI is InChI=1S/C14H10F4O/c1-19-12-8-4-7-11(15)13(12)9-5-2-3-6-10(9)14(16,17)18/h2-8H,1H3. The number of alkyl halides is 3. The summed E-state index contributed by atoms with van der Waals surface area (Å²) in [5, 5.41) is 0. The molecule has 0 aliphatic heterocycles. The zero-order chi connectivity index (χ0) is 14.0. The van der Waals surface area contributed by atoms with Gasteiger partial charge in [-0.25, -0.2) is 4.39 Å². The van der Waals surface area contributed by atoms with Gasteiger partial charge < -0.3 is 4.74 Å². The van der Waals surface area contributed by atoms with Gasteiger partial charge in [-0.2, -0.15) is 13.2 Å². The molecule has 0 saturated carbocycles. The highest BCUT2D eigenvalue weighted by Crippen LogP contribution is 2.41. The lowest BCUT2D eigenvalue weighted by molar-refractivity contribution is -0.137. The summed E-state index contributed by atoms with van der Waals surface area (Å²) in [5.74, 6) is -0.687. The molecular weight excluding hydrogens is 260 g/mol. The van der Waals surface area contributed by atoms with Crippen LogP contribution in [-0.2, 0) is 6.18 Å². The van der Waals surface area contributed by atoms with Gasteiger partial charge in [-0.15, -0.1) is 0 Å². The molecule has 0 bridgehead atoms. The summed E-state index contributed by atoms with van der Waals surface area (Å²) in [6.45, 7) is 0. The molecule has 0 N–H and O–H groups in total. The van der Waals surface area contributed by atoms with Crippen molar-refractivity contribution in [3.63, 3.8) is 0 Å². The first-order chi connectivity index (χ1) is 8.95. The van der Waals surface area contributed by atoms with Crippen LogP contribution in [0.3, 0.4) is 0 Å². The van der Waals surface area contributed by atoms with Crippen LogP contribution in [0.5, 0.6) is 5.75 Å². The van der Waals surface area contributed by atoms with Crippen molar-refractivity contribution >= 4 is 0 Å². The van der Waals surface area contributed by atoms with Gasteiger partial charge in [0.25, 0.3) is 0 Å². The summed E-state index contributed by atoms with van der Waals surface area (Å²) in [4.78, 5) is 0. The quantitative estimate of drug-likeness (QED) is 0.729. The average Bonchev–Trinajstić information content (AvgIpc) is 2.37. The lowest BCUT2D eigenvalue weighted by Gasteiger charge is -2.15. The van der Waals surface area contributed by atoms with Gasteiger partial charge in [-0.05, 0) is 18.2 Å². The molecule has 0 amide bonds. The molecule has 0 unspecified atom stereocenters. The third kappa shape index (κ3) is 2.54. The fraction of sp³-hybridized carbons (Fsp3) is 0.143. The molecule has 0 fully saturated rings. The fourth-order valence-electron chi connectivity index (χ4n) is 1.88. The van der Waals surface area contributed by atoms with E-state index in [1.165, 1.54) is 37.4 Å². The summed E-state index contributed by atoms with van der Waals surface area (Å²) >= 11 is 0. The Balaban J connectivity index is 2.73. The highest BCUT2D eigenvalue weighted by Gasteiger charge is 2.34. The number of hydrogen-bond acceptors (Lipinski definition) is 1. The van der Waals surface area contributed by atoms with Gasteiger partial charge in [0.2, 0.25) is 0 Å². The van der Waals surface area contributed by atoms with Crippen LogP contribution in [0, 0.1) is 5.82 Å². The van der Waals surface area contributed by atoms with E-state index in [4.69, 9.17) is 4.74 Å². The molecule has 0 heterocycles. The van der Waals surface area contributed by atoms with E-state index < -0.39 is 17.6 Å². The molecular formula is C14H10F4O. The smallest absolute Gasteiger partial charge is 0.417 e. The SMILES string of the molecule is COc1cccc(F)c1-c1ccccc1C(F)(F)F. The van der Waals surface area contributed by atoms with Crippen LogP contribution in [-0.4, -0.2) is 7.11 Å². The van der Waals surface area contributed by atoms with Crippen molar-refractivity contribution in [2.24, 2.45) is 0 Å². The average molecular weight is 270 g/mol. The molecule has 0 aliphatic carbocycles. The van der Waals surface area contributed by atoms with Crippen LogP contribution >= 0.6 is 0 Å². The number of methoxy groups -OCH3 is 1. The molecule has 0 aromatic heterocycles. The van der Waals surface area contributed by atoms with E-state index in [2.05, 4.69) is 0 Å². The Morgan fingerprint density at radius 3 is 2.26 bits per heavy atom. The van der Waals surface area contributed by atoms with E-state index in [0.29, 0.717) is 0 Å². The van der Waals surface area contributed by atoms with Crippen molar-refractivity contribution in [3.8, 4) is 16.9 Å². The zero-order valence-corrected chi connectivity index (χ0v) is 9.96. The van der Waals surface area contributed by atoms with E-state index in [-0.39, 0.29) is 16.9 Å². The number of halogens is 4. The first-order valence-electron chi connectivity index (χ1n) is 5.44. The second-order valence-electron chi connectivity index (χ2n) is 3.86. The van der Waals surface area contributed by atoms with E-state index in [9.17, 15) is 17.6 Å². The molecule has 0 radical (unpaired) electrons. The second-order valence-corrected chi connectivity index (χ2v) is 3.86. The van der Waals surface area contributed by atoms with Crippen molar-refractivity contribution in [3.05, 3.63) is 53.8 Å². The predicted molar refractivity (Wildman–Crippen MR) is 63.4 cm³/mol. The number of ether oxygens (including phenoxy) is 1. The van der Waals surface area contributed by atoms with Crippen molar-refractivity contribution in [1.82, 2.24) is 0 Å². The van der Waals surface area contributed by atoms with Gasteiger partial charge in [-0.3, -0.25) is 0 Å². The topological polar surface area (TPSA) is 9.23 Å². The minimum absolute atomic E-state index is 0.0664. The maximum atomic E-state index is 13.8. The van der Waals surface area contributed by atoms with Crippen LogP contribution in [0.4, 0.5) is 17.6 Å². The highest BCUT2D eigenvalue weighted by atomic mass is 19.4. The van der Waals surface area contributed by atoms with Gasteiger partial charge in [0.1, 0.15) is 11.6 Å². The molecule has 0 saturated heterocycles. The third-order valence-electron chi connectivity index (χ3n) is 2.70. The maximum absolute atomic E-state index is 13.8. The van der Waals surface area contributed by atoms with Gasteiger partial charge in [-0.1, -0.05) is 24.3 Å². The molecule has 5 heteroatoms. The molecule has 0 atom stereocenters. The Kier molecular flexibility index (Phi) is 3.46. The van der Waals surface area contributed by atoms with Crippen LogP contribution < -0.4 is 4.74 Å². The normalized spacial score (nSPS) is 11.4. The van der Waals surface area contributed by atoms with Gasteiger partial charge in [0, 0.05) is 5.56 Å². The van der Waals surface area contributed by atoms with Crippen LogP contribution in [0.2, 0.25) is 0 Å². The predicted octanol–water partition coefficient (Wildman–Crippen LogP) is 4.52. The summed E-state index contributed by atoms with van der Waals surface area (Å²) in [6.07, 6.45) is -4.55. The first kappa shape index (κ1) is 13.4. The van der Waals surface area contributed by atoms with Gasteiger partial charge in [0.05, 0.1) is 18.2 Å². The lowest BCUT2D eigenvalue weighted by Crippen LogP contribution is -2.07. The second kappa shape index (κ2) is 4.91. The Labute approximate surface area is 107 Å². The molecule has 2 aromatic carbocycles. The van der Waals surface area contributed by atoms with Crippen LogP contribution in [0.1, 0.15) is 5.56 Å². The lowest BCUT2D eigenvalue weighted by atomic mass is 9.98. The van der Waals surface area contributed by atoms with Crippen molar-refractivity contribution in [2.75, 3.05) is 7.11 Å². The summed E-state index contributed by atoms with van der Waals surface area (Å²) in [5.41, 5.74) is -1.30. The van der Waals surface area contributed by atoms with Gasteiger partial charge >= 0.3 is 6.18 Å². The largest absolute Gasteiger partial charge is 0.496 e. The minimum Gasteiger partial charge on any atom is -0.496 e. The van der Waals surface area contributed by atoms with Crippen molar-refractivity contribution in [2.45, 2.75) is 6.18 Å². The van der Waals surface area contributed by atoms with Crippen LogP contribution in [0.25, 0.3) is 11.1 Å². The van der Waals surface area contributed by atoms with Crippen LogP contribution in [0.15, 0.2) is 42.5 Å². The molecule has 2 aromatic rings. The Morgan fingerprint density at radius 1 is 0.947 bits per heavy atom. The first-order valence-corrected chi connectivity index (χ1v) is 5.44. The summed E-state index contributed by atoms with van der Waals surface area (Å²) in [6, 6.07) is 8.74. The van der Waals surface area contributed by atoms with E-state index in [0.717, 1.165) is 12.1 Å². The summed E-state index contributed by atoms with van der Waals surface area (Å²) in [7, 11) is 1.29.